The number of carbonyl (C=O) groups excluding carboxylic acids is 1. The van der Waals surface area contributed by atoms with Gasteiger partial charge in [-0.3, -0.25) is 9.69 Å². The van der Waals surface area contributed by atoms with Crippen LogP contribution in [-0.4, -0.2) is 47.3 Å². The monoisotopic (exact) mass is 346 g/mol. The number of nitrogens with one attached hydrogen (secondary N) is 1. The third-order valence-electron chi connectivity index (χ3n) is 4.13. The summed E-state index contributed by atoms with van der Waals surface area (Å²) in [6.07, 6.45) is 2.52. The van der Waals surface area contributed by atoms with Gasteiger partial charge in [0.25, 0.3) is 5.91 Å². The Labute approximate surface area is 145 Å². The molecule has 0 radical (unpaired) electrons. The molecule has 2 aromatic rings. The van der Waals surface area contributed by atoms with Crippen LogP contribution in [0.15, 0.2) is 24.3 Å². The zero-order valence-electron chi connectivity index (χ0n) is 14.0. The van der Waals surface area contributed by atoms with E-state index in [-0.39, 0.29) is 12.0 Å². The largest absolute Gasteiger partial charge is 0.380 e. The summed E-state index contributed by atoms with van der Waals surface area (Å²) in [5.41, 5.74) is 1.92. The molecular formula is C17H22N4O2S. The maximum atomic E-state index is 12.3. The van der Waals surface area contributed by atoms with Gasteiger partial charge in [-0.2, -0.15) is 0 Å². The van der Waals surface area contributed by atoms with Crippen molar-refractivity contribution in [2.24, 2.45) is 0 Å². The number of likely N-dealkylation sites (tertiary alicyclic amines) is 1. The maximum Gasteiger partial charge on any atom is 0.286 e. The molecule has 3 rings (SSSR count). The Morgan fingerprint density at radius 2 is 2.17 bits per heavy atom. The minimum atomic E-state index is -0.212. The fourth-order valence-corrected chi connectivity index (χ4v) is 3.55. The highest BCUT2D eigenvalue weighted by atomic mass is 32.1. The summed E-state index contributed by atoms with van der Waals surface area (Å²) >= 11 is 1.35. The summed E-state index contributed by atoms with van der Waals surface area (Å²) in [4.78, 5) is 14.6. The highest BCUT2D eigenvalue weighted by Crippen LogP contribution is 2.19. The minimum absolute atomic E-state index is 0.212. The first kappa shape index (κ1) is 17.0. The van der Waals surface area contributed by atoms with Gasteiger partial charge < -0.3 is 10.1 Å². The number of anilines is 1. The van der Waals surface area contributed by atoms with Gasteiger partial charge in [-0.1, -0.05) is 29.0 Å². The number of amides is 1. The number of aromatic nitrogens is 2. The number of hydrogen-bond acceptors (Lipinski definition) is 6. The molecule has 1 unspecified atom stereocenters. The van der Waals surface area contributed by atoms with Gasteiger partial charge in [0.2, 0.25) is 5.01 Å². The summed E-state index contributed by atoms with van der Waals surface area (Å²) in [5.74, 6) is -0.212. The highest BCUT2D eigenvalue weighted by Gasteiger charge is 2.21. The molecule has 6 nitrogen and oxygen atoms in total. The van der Waals surface area contributed by atoms with Crippen LogP contribution in [-0.2, 0) is 11.3 Å². The van der Waals surface area contributed by atoms with E-state index in [1.165, 1.54) is 11.3 Å². The number of carbonyl (C=O) groups is 1. The molecule has 1 N–H and O–H groups in total. The van der Waals surface area contributed by atoms with E-state index >= 15 is 0 Å². The number of aryl methyl sites for hydroxylation is 1. The maximum absolute atomic E-state index is 12.3. The Hall–Kier alpha value is -1.83. The van der Waals surface area contributed by atoms with E-state index in [0.717, 1.165) is 48.7 Å². The van der Waals surface area contributed by atoms with Gasteiger partial charge in [0.1, 0.15) is 5.01 Å². The molecule has 0 spiro atoms. The topological polar surface area (TPSA) is 67.3 Å². The second-order valence-corrected chi connectivity index (χ2v) is 7.12. The van der Waals surface area contributed by atoms with E-state index in [1.807, 2.05) is 31.2 Å². The van der Waals surface area contributed by atoms with E-state index < -0.39 is 0 Å². The van der Waals surface area contributed by atoms with Crippen molar-refractivity contribution in [2.45, 2.75) is 32.4 Å². The van der Waals surface area contributed by atoms with E-state index in [0.29, 0.717) is 5.01 Å². The summed E-state index contributed by atoms with van der Waals surface area (Å²) in [5, 5.41) is 12.3. The third-order valence-corrected chi connectivity index (χ3v) is 5.03. The lowest BCUT2D eigenvalue weighted by Gasteiger charge is -2.30. The van der Waals surface area contributed by atoms with Crippen LogP contribution >= 0.6 is 11.3 Å². The molecule has 2 heterocycles. The molecule has 128 valence electrons. The minimum Gasteiger partial charge on any atom is -0.380 e. The Morgan fingerprint density at radius 3 is 2.92 bits per heavy atom. The fraction of sp³-hybridized carbons (Fsp3) is 0.471. The molecule has 1 aromatic heterocycles. The van der Waals surface area contributed by atoms with Gasteiger partial charge in [-0.05, 0) is 38.4 Å². The quantitative estimate of drug-likeness (QED) is 0.902. The molecule has 1 aromatic carbocycles. The van der Waals surface area contributed by atoms with Crippen molar-refractivity contribution in [3.63, 3.8) is 0 Å². The van der Waals surface area contributed by atoms with E-state index in [1.54, 1.807) is 7.11 Å². The van der Waals surface area contributed by atoms with Gasteiger partial charge in [0.15, 0.2) is 0 Å². The molecule has 1 amide bonds. The lowest BCUT2D eigenvalue weighted by molar-refractivity contribution is 0.0285. The smallest absolute Gasteiger partial charge is 0.286 e. The molecule has 7 heteroatoms. The zero-order chi connectivity index (χ0) is 16.9. The number of ether oxygens (including phenoxy) is 1. The van der Waals surface area contributed by atoms with Crippen LogP contribution < -0.4 is 5.32 Å². The highest BCUT2D eigenvalue weighted by molar-refractivity contribution is 7.13. The van der Waals surface area contributed by atoms with Crippen LogP contribution in [0.1, 0.15) is 33.2 Å². The summed E-state index contributed by atoms with van der Waals surface area (Å²) in [7, 11) is 1.76. The summed E-state index contributed by atoms with van der Waals surface area (Å²) in [6.45, 7) is 4.66. The molecule has 1 atom stereocenters. The lowest BCUT2D eigenvalue weighted by Crippen LogP contribution is -2.38. The van der Waals surface area contributed by atoms with Gasteiger partial charge in [-0.15, -0.1) is 10.2 Å². The Bertz CT molecular complexity index is 686. The third kappa shape index (κ3) is 4.37. The van der Waals surface area contributed by atoms with E-state index in [2.05, 4.69) is 20.4 Å². The first-order valence-corrected chi connectivity index (χ1v) is 8.91. The Kier molecular flexibility index (Phi) is 5.55. The van der Waals surface area contributed by atoms with Crippen LogP contribution in [0.3, 0.4) is 0 Å². The van der Waals surface area contributed by atoms with Crippen LogP contribution in [0.4, 0.5) is 5.69 Å². The molecule has 1 saturated heterocycles. The van der Waals surface area contributed by atoms with Crippen LogP contribution in [0.25, 0.3) is 0 Å². The normalized spacial score (nSPS) is 18.5. The number of methoxy groups -OCH3 is 1. The van der Waals surface area contributed by atoms with E-state index in [4.69, 9.17) is 4.74 Å². The second-order valence-electron chi connectivity index (χ2n) is 6.06. The molecule has 0 saturated carbocycles. The van der Waals surface area contributed by atoms with Crippen molar-refractivity contribution in [3.05, 3.63) is 39.8 Å². The molecule has 1 fully saturated rings. The zero-order valence-corrected chi connectivity index (χ0v) is 14.8. The molecule has 0 bridgehead atoms. The molecule has 1 aliphatic rings. The molecule has 24 heavy (non-hydrogen) atoms. The van der Waals surface area contributed by atoms with Crippen molar-refractivity contribution >= 4 is 22.9 Å². The van der Waals surface area contributed by atoms with Crippen LogP contribution in [0, 0.1) is 6.92 Å². The van der Waals surface area contributed by atoms with Crippen molar-refractivity contribution in [1.29, 1.82) is 0 Å². The van der Waals surface area contributed by atoms with Gasteiger partial charge in [-0.25, -0.2) is 0 Å². The fourth-order valence-electron chi connectivity index (χ4n) is 2.77. The van der Waals surface area contributed by atoms with Crippen molar-refractivity contribution in [1.82, 2.24) is 15.1 Å². The second kappa shape index (κ2) is 7.83. The van der Waals surface area contributed by atoms with Crippen LogP contribution in [0.2, 0.25) is 0 Å². The van der Waals surface area contributed by atoms with Gasteiger partial charge >= 0.3 is 0 Å². The number of piperidine rings is 1. The summed E-state index contributed by atoms with van der Waals surface area (Å²) < 4.78 is 5.44. The van der Waals surface area contributed by atoms with Crippen LogP contribution in [0.5, 0.6) is 0 Å². The molecule has 1 aliphatic heterocycles. The predicted octanol–water partition coefficient (Wildman–Crippen LogP) is 2.71. The number of nitrogens with zero attached hydrogens (tertiary/aromatic N) is 3. The van der Waals surface area contributed by atoms with Crippen molar-refractivity contribution in [2.75, 3.05) is 25.5 Å². The number of hydrogen-bond donors (Lipinski definition) is 1. The standard InChI is InChI=1S/C17H22N4O2S/c1-12-5-7-13(8-6-12)18-16(22)17-20-19-15(24-17)11-21-9-3-4-14(10-21)23-2/h5-8,14H,3-4,9-11H2,1-2H3,(H,18,22). The van der Waals surface area contributed by atoms with Crippen molar-refractivity contribution < 1.29 is 9.53 Å². The van der Waals surface area contributed by atoms with Crippen molar-refractivity contribution in [3.8, 4) is 0 Å². The Morgan fingerprint density at radius 1 is 1.38 bits per heavy atom. The molecule has 0 aliphatic carbocycles. The first-order valence-electron chi connectivity index (χ1n) is 8.09. The summed E-state index contributed by atoms with van der Waals surface area (Å²) in [6, 6.07) is 7.69. The number of benzene rings is 1. The van der Waals surface area contributed by atoms with Gasteiger partial charge in [0.05, 0.1) is 12.6 Å². The number of rotatable bonds is 5. The average molecular weight is 346 g/mol. The average Bonchev–Trinajstić information content (AvgIpc) is 3.06. The molecular weight excluding hydrogens is 324 g/mol. The SMILES string of the molecule is COC1CCCN(Cc2nnc(C(=O)Nc3ccc(C)cc3)s2)C1. The Balaban J connectivity index is 1.58. The van der Waals surface area contributed by atoms with Gasteiger partial charge in [0, 0.05) is 19.3 Å². The first-order chi connectivity index (χ1) is 11.6. The lowest BCUT2D eigenvalue weighted by atomic mass is 10.1. The predicted molar refractivity (Wildman–Crippen MR) is 94.3 cm³/mol. The van der Waals surface area contributed by atoms with E-state index in [9.17, 15) is 4.79 Å².